The average Bonchev–Trinajstić information content (AvgIpc) is 3.22. The summed E-state index contributed by atoms with van der Waals surface area (Å²) in [5.74, 6) is 0.0722. The number of fused-ring (bicyclic) bond motifs is 1. The van der Waals surface area contributed by atoms with Gasteiger partial charge in [-0.2, -0.15) is 4.98 Å². The summed E-state index contributed by atoms with van der Waals surface area (Å²) in [5.41, 5.74) is 3.30. The summed E-state index contributed by atoms with van der Waals surface area (Å²) in [6.07, 6.45) is 4.20. The van der Waals surface area contributed by atoms with E-state index in [1.165, 1.54) is 22.5 Å². The van der Waals surface area contributed by atoms with Crippen LogP contribution in [0.25, 0.3) is 5.78 Å². The van der Waals surface area contributed by atoms with Gasteiger partial charge in [0.15, 0.2) is 5.13 Å². The SMILES string of the molecule is Cc1cccc(Cc2cnc(NC(=O)c3nc4nccc(C)n4n3)s2)c1. The fourth-order valence-electron chi connectivity index (χ4n) is 2.63. The molecule has 0 aliphatic rings. The van der Waals surface area contributed by atoms with Gasteiger partial charge in [0.1, 0.15) is 0 Å². The van der Waals surface area contributed by atoms with Crippen molar-refractivity contribution in [2.45, 2.75) is 20.3 Å². The highest BCUT2D eigenvalue weighted by Crippen LogP contribution is 2.22. The van der Waals surface area contributed by atoms with E-state index in [9.17, 15) is 4.79 Å². The van der Waals surface area contributed by atoms with Crippen LogP contribution >= 0.6 is 11.3 Å². The second-order valence-corrected chi connectivity index (χ2v) is 7.10. The Balaban J connectivity index is 1.49. The summed E-state index contributed by atoms with van der Waals surface area (Å²) in [4.78, 5) is 26.0. The number of hydrogen-bond acceptors (Lipinski definition) is 6. The van der Waals surface area contributed by atoms with Crippen molar-refractivity contribution < 1.29 is 4.79 Å². The van der Waals surface area contributed by atoms with Crippen LogP contribution in [0, 0.1) is 13.8 Å². The molecule has 0 unspecified atom stereocenters. The van der Waals surface area contributed by atoms with Gasteiger partial charge in [0, 0.05) is 29.4 Å². The van der Waals surface area contributed by atoms with Crippen LogP contribution in [-0.4, -0.2) is 30.5 Å². The Kier molecular flexibility index (Phi) is 4.18. The van der Waals surface area contributed by atoms with Gasteiger partial charge < -0.3 is 0 Å². The Morgan fingerprint density at radius 2 is 2.12 bits per heavy atom. The van der Waals surface area contributed by atoms with Crippen LogP contribution in [0.5, 0.6) is 0 Å². The predicted octanol–water partition coefficient (Wildman–Crippen LogP) is 3.04. The smallest absolute Gasteiger partial charge is 0.295 e. The number of aromatic nitrogens is 5. The standard InChI is InChI=1S/C18H16N6OS/c1-11-4-3-5-13(8-11)9-14-10-20-18(26-14)22-16(25)15-21-17-19-7-6-12(2)24(17)23-15/h3-8,10H,9H2,1-2H3,(H,20,22,25). The van der Waals surface area contributed by atoms with Gasteiger partial charge in [-0.1, -0.05) is 29.8 Å². The second-order valence-electron chi connectivity index (χ2n) is 5.99. The molecule has 0 spiro atoms. The topological polar surface area (TPSA) is 85.1 Å². The molecule has 1 aromatic carbocycles. The van der Waals surface area contributed by atoms with E-state index in [0.29, 0.717) is 10.9 Å². The van der Waals surface area contributed by atoms with Crippen molar-refractivity contribution in [1.29, 1.82) is 0 Å². The molecule has 3 heterocycles. The first-order valence-corrected chi connectivity index (χ1v) is 8.90. The summed E-state index contributed by atoms with van der Waals surface area (Å²) in [7, 11) is 0. The lowest BCUT2D eigenvalue weighted by molar-refractivity contribution is 0.101. The number of thiazole rings is 1. The molecular formula is C18H16N6OS. The number of aryl methyl sites for hydroxylation is 2. The van der Waals surface area contributed by atoms with Crippen LogP contribution in [0.15, 0.2) is 42.7 Å². The molecule has 0 radical (unpaired) electrons. The van der Waals surface area contributed by atoms with E-state index >= 15 is 0 Å². The van der Waals surface area contributed by atoms with Crippen molar-refractivity contribution in [2.24, 2.45) is 0 Å². The Morgan fingerprint density at radius 3 is 2.92 bits per heavy atom. The molecule has 1 N–H and O–H groups in total. The molecule has 0 fully saturated rings. The first-order chi connectivity index (χ1) is 12.6. The highest BCUT2D eigenvalue weighted by molar-refractivity contribution is 7.15. The van der Waals surface area contributed by atoms with Crippen molar-refractivity contribution in [1.82, 2.24) is 24.6 Å². The van der Waals surface area contributed by atoms with E-state index < -0.39 is 5.91 Å². The minimum Gasteiger partial charge on any atom is -0.295 e. The molecule has 0 saturated carbocycles. The summed E-state index contributed by atoms with van der Waals surface area (Å²) in [6, 6.07) is 10.1. The van der Waals surface area contributed by atoms with Crippen molar-refractivity contribution in [3.05, 3.63) is 70.2 Å². The van der Waals surface area contributed by atoms with E-state index in [2.05, 4.69) is 50.5 Å². The number of nitrogens with one attached hydrogen (secondary N) is 1. The first kappa shape index (κ1) is 16.3. The number of rotatable bonds is 4. The van der Waals surface area contributed by atoms with Crippen molar-refractivity contribution in [2.75, 3.05) is 5.32 Å². The van der Waals surface area contributed by atoms with Gasteiger partial charge in [-0.25, -0.2) is 14.5 Å². The predicted molar refractivity (Wildman–Crippen MR) is 99.6 cm³/mol. The zero-order valence-corrected chi connectivity index (χ0v) is 15.1. The maximum atomic E-state index is 12.4. The molecule has 4 aromatic rings. The maximum absolute atomic E-state index is 12.4. The summed E-state index contributed by atoms with van der Waals surface area (Å²) in [6.45, 7) is 3.95. The molecule has 0 aliphatic carbocycles. The quantitative estimate of drug-likeness (QED) is 0.602. The molecule has 3 aromatic heterocycles. The number of hydrogen-bond donors (Lipinski definition) is 1. The third kappa shape index (κ3) is 3.31. The molecule has 8 heteroatoms. The summed E-state index contributed by atoms with van der Waals surface area (Å²) < 4.78 is 1.54. The van der Waals surface area contributed by atoms with Crippen LogP contribution in [0.3, 0.4) is 0 Å². The molecule has 130 valence electrons. The minimum atomic E-state index is -0.397. The number of amides is 1. The molecule has 0 atom stereocenters. The Labute approximate surface area is 153 Å². The van der Waals surface area contributed by atoms with Crippen molar-refractivity contribution >= 4 is 28.2 Å². The van der Waals surface area contributed by atoms with E-state index in [1.807, 2.05) is 19.1 Å². The largest absolute Gasteiger partial charge is 0.297 e. The van der Waals surface area contributed by atoms with Gasteiger partial charge in [0.2, 0.25) is 5.82 Å². The fourth-order valence-corrected chi connectivity index (χ4v) is 3.47. The van der Waals surface area contributed by atoms with Crippen LogP contribution in [0.1, 0.15) is 32.3 Å². The Hall–Kier alpha value is -3.13. The lowest BCUT2D eigenvalue weighted by Gasteiger charge is -1.99. The number of carbonyl (C=O) groups excluding carboxylic acids is 1. The number of nitrogens with zero attached hydrogens (tertiary/aromatic N) is 5. The van der Waals surface area contributed by atoms with E-state index in [1.54, 1.807) is 16.9 Å². The zero-order valence-electron chi connectivity index (χ0n) is 14.3. The van der Waals surface area contributed by atoms with Gasteiger partial charge in [0.05, 0.1) is 0 Å². The molecule has 0 saturated heterocycles. The number of benzene rings is 1. The van der Waals surface area contributed by atoms with Gasteiger partial charge >= 0.3 is 0 Å². The Bertz CT molecular complexity index is 1100. The highest BCUT2D eigenvalue weighted by atomic mass is 32.1. The molecule has 0 aliphatic heterocycles. The van der Waals surface area contributed by atoms with Crippen LogP contribution < -0.4 is 5.32 Å². The Morgan fingerprint density at radius 1 is 1.23 bits per heavy atom. The average molecular weight is 364 g/mol. The third-order valence-corrected chi connectivity index (χ3v) is 4.78. The summed E-state index contributed by atoms with van der Waals surface area (Å²) in [5, 5.41) is 7.49. The van der Waals surface area contributed by atoms with E-state index in [4.69, 9.17) is 0 Å². The van der Waals surface area contributed by atoms with E-state index in [0.717, 1.165) is 17.0 Å². The molecule has 1 amide bonds. The van der Waals surface area contributed by atoms with Crippen molar-refractivity contribution in [3.8, 4) is 0 Å². The monoisotopic (exact) mass is 364 g/mol. The molecular weight excluding hydrogens is 348 g/mol. The van der Waals surface area contributed by atoms with Gasteiger partial charge in [-0.3, -0.25) is 10.1 Å². The lowest BCUT2D eigenvalue weighted by Crippen LogP contribution is -2.13. The zero-order chi connectivity index (χ0) is 18.1. The molecule has 4 rings (SSSR count). The third-order valence-electron chi connectivity index (χ3n) is 3.87. The van der Waals surface area contributed by atoms with Gasteiger partial charge in [0.25, 0.3) is 11.7 Å². The summed E-state index contributed by atoms with van der Waals surface area (Å²) >= 11 is 1.45. The highest BCUT2D eigenvalue weighted by Gasteiger charge is 2.16. The van der Waals surface area contributed by atoms with Gasteiger partial charge in [-0.15, -0.1) is 16.4 Å². The normalized spacial score (nSPS) is 11.0. The molecule has 0 bridgehead atoms. The van der Waals surface area contributed by atoms with Crippen molar-refractivity contribution in [3.63, 3.8) is 0 Å². The van der Waals surface area contributed by atoms with Crippen LogP contribution in [-0.2, 0) is 6.42 Å². The molecule has 26 heavy (non-hydrogen) atoms. The van der Waals surface area contributed by atoms with E-state index in [-0.39, 0.29) is 5.82 Å². The van der Waals surface area contributed by atoms with Crippen LogP contribution in [0.4, 0.5) is 5.13 Å². The van der Waals surface area contributed by atoms with Crippen LogP contribution in [0.2, 0.25) is 0 Å². The van der Waals surface area contributed by atoms with Gasteiger partial charge in [-0.05, 0) is 25.5 Å². The number of carbonyl (C=O) groups is 1. The minimum absolute atomic E-state index is 0.0715. The second kappa shape index (κ2) is 6.64. The number of anilines is 1. The first-order valence-electron chi connectivity index (χ1n) is 8.08. The fraction of sp³-hybridized carbons (Fsp3) is 0.167. The molecule has 7 nitrogen and oxygen atoms in total. The lowest BCUT2D eigenvalue weighted by atomic mass is 10.1. The maximum Gasteiger partial charge on any atom is 0.297 e.